The molecule has 0 heterocycles. The lowest BCUT2D eigenvalue weighted by Gasteiger charge is -2.15. The van der Waals surface area contributed by atoms with E-state index in [1.54, 1.807) is 0 Å². The monoisotopic (exact) mass is 933 g/mol. The highest BCUT2D eigenvalue weighted by Gasteiger charge is 2.16. The molecule has 0 spiro atoms. The highest BCUT2D eigenvalue weighted by atomic mass is 16.6. The largest absolute Gasteiger partial charge is 0.462 e. The molecule has 0 aromatic heterocycles. The summed E-state index contributed by atoms with van der Waals surface area (Å²) in [5, 5.41) is 9.67. The lowest BCUT2D eigenvalue weighted by Crippen LogP contribution is -2.28. The molecule has 5 heteroatoms. The van der Waals surface area contributed by atoms with Gasteiger partial charge >= 0.3 is 11.9 Å². The third-order valence-corrected chi connectivity index (χ3v) is 14.4. The first-order valence-corrected chi connectivity index (χ1v) is 30.6. The summed E-state index contributed by atoms with van der Waals surface area (Å²) >= 11 is 0. The van der Waals surface area contributed by atoms with Gasteiger partial charge in [-0.25, -0.2) is 0 Å². The average molecular weight is 934 g/mol. The van der Waals surface area contributed by atoms with Crippen LogP contribution in [0, 0.1) is 0 Å². The van der Waals surface area contributed by atoms with Crippen LogP contribution in [0.15, 0.2) is 0 Å². The van der Waals surface area contributed by atoms with Gasteiger partial charge in [-0.3, -0.25) is 9.59 Å². The third kappa shape index (κ3) is 55.5. The number of rotatable bonds is 58. The molecule has 0 saturated heterocycles. The number of carbonyl (C=O) groups excluding carboxylic acids is 2. The summed E-state index contributed by atoms with van der Waals surface area (Å²) in [7, 11) is 0. The van der Waals surface area contributed by atoms with E-state index in [2.05, 4.69) is 13.8 Å². The van der Waals surface area contributed by atoms with Gasteiger partial charge in [-0.05, 0) is 12.8 Å². The molecular weight excluding hydrogens is 813 g/mol. The Balaban J connectivity index is 3.38. The predicted octanol–water partition coefficient (Wildman–Crippen LogP) is 20.5. The highest BCUT2D eigenvalue weighted by molar-refractivity contribution is 5.70. The minimum atomic E-state index is -0.764. The number of carbonyl (C=O) groups is 2. The van der Waals surface area contributed by atoms with Crippen LogP contribution in [0.2, 0.25) is 0 Å². The van der Waals surface area contributed by atoms with Crippen molar-refractivity contribution in [1.82, 2.24) is 0 Å². The second-order valence-corrected chi connectivity index (χ2v) is 21.2. The average Bonchev–Trinajstić information content (AvgIpc) is 3.32. The van der Waals surface area contributed by atoms with E-state index in [1.807, 2.05) is 0 Å². The van der Waals surface area contributed by atoms with Crippen molar-refractivity contribution in [3.63, 3.8) is 0 Å². The van der Waals surface area contributed by atoms with Crippen LogP contribution in [0.5, 0.6) is 0 Å². The van der Waals surface area contributed by atoms with E-state index in [-0.39, 0.29) is 25.2 Å². The fraction of sp³-hybridized carbons (Fsp3) is 0.967. The first kappa shape index (κ1) is 64.9. The maximum Gasteiger partial charge on any atom is 0.306 e. The van der Waals surface area contributed by atoms with E-state index >= 15 is 0 Å². The molecule has 0 radical (unpaired) electrons. The number of esters is 2. The predicted molar refractivity (Wildman–Crippen MR) is 289 cm³/mol. The molecule has 0 aliphatic carbocycles. The molecule has 66 heavy (non-hydrogen) atoms. The summed E-state index contributed by atoms with van der Waals surface area (Å²) < 4.78 is 10.7. The van der Waals surface area contributed by atoms with E-state index in [9.17, 15) is 14.7 Å². The van der Waals surface area contributed by atoms with Gasteiger partial charge in [-0.2, -0.15) is 0 Å². The third-order valence-electron chi connectivity index (χ3n) is 14.4. The smallest absolute Gasteiger partial charge is 0.306 e. The fourth-order valence-electron chi connectivity index (χ4n) is 9.80. The first-order valence-electron chi connectivity index (χ1n) is 30.6. The molecule has 0 saturated carbocycles. The summed E-state index contributed by atoms with van der Waals surface area (Å²) in [6, 6.07) is 0. The Morgan fingerprint density at radius 1 is 0.288 bits per heavy atom. The Morgan fingerprint density at radius 3 is 0.667 bits per heavy atom. The van der Waals surface area contributed by atoms with Gasteiger partial charge in [0.1, 0.15) is 6.61 Å². The molecule has 1 atom stereocenters. The van der Waals surface area contributed by atoms with Crippen LogP contribution < -0.4 is 0 Å². The van der Waals surface area contributed by atoms with Crippen LogP contribution in [-0.2, 0) is 19.1 Å². The van der Waals surface area contributed by atoms with Crippen molar-refractivity contribution < 1.29 is 24.2 Å². The van der Waals surface area contributed by atoms with Crippen molar-refractivity contribution in [3.05, 3.63) is 0 Å². The molecule has 0 aliphatic rings. The van der Waals surface area contributed by atoms with E-state index in [1.165, 1.54) is 302 Å². The molecule has 0 bridgehead atoms. The van der Waals surface area contributed by atoms with Gasteiger partial charge in [0, 0.05) is 12.8 Å². The first-order chi connectivity index (χ1) is 32.6. The van der Waals surface area contributed by atoms with Crippen LogP contribution in [0.1, 0.15) is 361 Å². The molecular formula is C61H120O5. The molecule has 0 aromatic rings. The number of aliphatic hydroxyl groups excluding tert-OH is 1. The topological polar surface area (TPSA) is 72.8 Å². The quantitative estimate of drug-likeness (QED) is 0.0486. The number of ether oxygens (including phenoxy) is 2. The number of unbranched alkanes of at least 4 members (excludes halogenated alkanes) is 50. The molecule has 1 N–H and O–H groups in total. The minimum Gasteiger partial charge on any atom is -0.462 e. The Bertz CT molecular complexity index is 921. The maximum absolute atomic E-state index is 12.3. The molecule has 0 amide bonds. The second kappa shape index (κ2) is 58.2. The lowest BCUT2D eigenvalue weighted by molar-refractivity contribution is -0.161. The standard InChI is InChI=1S/C61H120O5/c1-3-5-7-9-11-13-15-17-19-21-23-25-27-29-31-33-35-37-39-41-43-45-47-49-51-53-55-60(63)65-58-59(57-62)66-61(64)56-54-52-50-48-46-44-42-40-38-36-34-32-30-28-26-24-22-20-18-16-14-12-10-8-6-4-2/h59,62H,3-58H2,1-2H3. The summed E-state index contributed by atoms with van der Waals surface area (Å²) in [5.41, 5.74) is 0. The Kier molecular flexibility index (Phi) is 57.2. The van der Waals surface area contributed by atoms with Crippen molar-refractivity contribution >= 4 is 11.9 Å². The number of hydrogen-bond acceptors (Lipinski definition) is 5. The van der Waals surface area contributed by atoms with Crippen molar-refractivity contribution in [3.8, 4) is 0 Å². The molecule has 1 unspecified atom stereocenters. The Labute approximate surface area is 414 Å². The van der Waals surface area contributed by atoms with Crippen LogP contribution in [0.4, 0.5) is 0 Å². The van der Waals surface area contributed by atoms with Crippen molar-refractivity contribution in [2.45, 2.75) is 367 Å². The van der Waals surface area contributed by atoms with E-state index in [0.717, 1.165) is 32.1 Å². The van der Waals surface area contributed by atoms with Gasteiger partial charge in [-0.1, -0.05) is 335 Å². The molecule has 0 fully saturated rings. The van der Waals surface area contributed by atoms with Crippen LogP contribution >= 0.6 is 0 Å². The molecule has 0 rings (SSSR count). The van der Waals surface area contributed by atoms with Gasteiger partial charge in [0.25, 0.3) is 0 Å². The normalized spacial score (nSPS) is 12.0. The summed E-state index contributed by atoms with van der Waals surface area (Å²) in [6.07, 6.45) is 71.0. The molecule has 0 aromatic carbocycles. The lowest BCUT2D eigenvalue weighted by atomic mass is 10.0. The zero-order chi connectivity index (χ0) is 47.7. The zero-order valence-electron chi connectivity index (χ0n) is 45.3. The Hall–Kier alpha value is -1.10. The molecule has 0 aliphatic heterocycles. The zero-order valence-corrected chi connectivity index (χ0v) is 45.3. The summed E-state index contributed by atoms with van der Waals surface area (Å²) in [6.45, 7) is 4.22. The van der Waals surface area contributed by atoms with Crippen molar-refractivity contribution in [2.75, 3.05) is 13.2 Å². The van der Waals surface area contributed by atoms with Gasteiger partial charge in [0.15, 0.2) is 6.10 Å². The minimum absolute atomic E-state index is 0.0555. The van der Waals surface area contributed by atoms with Gasteiger partial charge in [0.05, 0.1) is 6.61 Å². The maximum atomic E-state index is 12.3. The van der Waals surface area contributed by atoms with E-state index in [0.29, 0.717) is 12.8 Å². The second-order valence-electron chi connectivity index (χ2n) is 21.2. The van der Waals surface area contributed by atoms with Crippen LogP contribution in [0.25, 0.3) is 0 Å². The highest BCUT2D eigenvalue weighted by Crippen LogP contribution is 2.19. The van der Waals surface area contributed by atoms with Crippen LogP contribution in [-0.4, -0.2) is 36.4 Å². The molecule has 394 valence electrons. The van der Waals surface area contributed by atoms with Crippen molar-refractivity contribution in [1.29, 1.82) is 0 Å². The van der Waals surface area contributed by atoms with Gasteiger partial charge in [-0.15, -0.1) is 0 Å². The Morgan fingerprint density at radius 2 is 0.470 bits per heavy atom. The summed E-state index contributed by atoms with van der Waals surface area (Å²) in [5.74, 6) is -0.561. The SMILES string of the molecule is CCCCCCCCCCCCCCCCCCCCCCCCCCCCC(=O)OCC(CO)OC(=O)CCCCCCCCCCCCCCCCCCCCCCCCCCCC. The van der Waals surface area contributed by atoms with Gasteiger partial charge in [0.2, 0.25) is 0 Å². The summed E-state index contributed by atoms with van der Waals surface area (Å²) in [4.78, 5) is 24.6. The number of hydrogen-bond donors (Lipinski definition) is 1. The fourth-order valence-corrected chi connectivity index (χ4v) is 9.80. The van der Waals surface area contributed by atoms with E-state index in [4.69, 9.17) is 9.47 Å². The number of aliphatic hydroxyl groups is 1. The van der Waals surface area contributed by atoms with Crippen molar-refractivity contribution in [2.24, 2.45) is 0 Å². The van der Waals surface area contributed by atoms with Crippen LogP contribution in [0.3, 0.4) is 0 Å². The van der Waals surface area contributed by atoms with Gasteiger partial charge < -0.3 is 14.6 Å². The van der Waals surface area contributed by atoms with E-state index < -0.39 is 6.10 Å². The molecule has 5 nitrogen and oxygen atoms in total.